The largest absolute Gasteiger partial charge is 0.465 e. The molecule has 21 heavy (non-hydrogen) atoms. The van der Waals surface area contributed by atoms with Crippen molar-refractivity contribution in [2.45, 2.75) is 19.9 Å². The molecule has 3 nitrogen and oxygen atoms in total. The van der Waals surface area contributed by atoms with Crippen LogP contribution in [0.4, 0.5) is 5.69 Å². The first kappa shape index (κ1) is 15.8. The van der Waals surface area contributed by atoms with Crippen LogP contribution in [0.2, 0.25) is 0 Å². The molecule has 0 spiro atoms. The van der Waals surface area contributed by atoms with Crippen LogP contribution < -0.4 is 5.32 Å². The quantitative estimate of drug-likeness (QED) is 0.610. The molecule has 2 rings (SSSR count). The minimum absolute atomic E-state index is 0.105. The van der Waals surface area contributed by atoms with Crippen LogP contribution in [0.5, 0.6) is 0 Å². The Morgan fingerprint density at radius 3 is 2.48 bits per heavy atom. The molecule has 1 atom stereocenters. The summed E-state index contributed by atoms with van der Waals surface area (Å²) in [6.45, 7) is 4.03. The number of benzene rings is 2. The minimum Gasteiger partial charge on any atom is -0.465 e. The van der Waals surface area contributed by atoms with Crippen LogP contribution in [0, 0.1) is 10.5 Å². The molecule has 0 fully saturated rings. The number of ether oxygens (including phenoxy) is 1. The lowest BCUT2D eigenvalue weighted by Gasteiger charge is -2.18. The third-order valence-corrected chi connectivity index (χ3v) is 4.04. The topological polar surface area (TPSA) is 38.3 Å². The second-order valence-corrected chi connectivity index (χ2v) is 6.20. The molecule has 0 saturated heterocycles. The average Bonchev–Trinajstić information content (AvgIpc) is 2.48. The van der Waals surface area contributed by atoms with Gasteiger partial charge in [0.25, 0.3) is 0 Å². The van der Waals surface area contributed by atoms with Gasteiger partial charge in [-0.1, -0.05) is 23.8 Å². The Bertz CT molecular complexity index is 638. The van der Waals surface area contributed by atoms with Crippen molar-refractivity contribution >= 4 is 34.2 Å². The van der Waals surface area contributed by atoms with Gasteiger partial charge >= 0.3 is 5.97 Å². The fraction of sp³-hybridized carbons (Fsp3) is 0.235. The number of halogens is 1. The van der Waals surface area contributed by atoms with Crippen LogP contribution in [0.25, 0.3) is 0 Å². The lowest BCUT2D eigenvalue weighted by molar-refractivity contribution is 0.0601. The first-order valence-corrected chi connectivity index (χ1v) is 7.80. The van der Waals surface area contributed by atoms with E-state index in [1.807, 2.05) is 25.1 Å². The van der Waals surface area contributed by atoms with Crippen LogP contribution in [0.1, 0.15) is 34.5 Å². The van der Waals surface area contributed by atoms with Crippen LogP contribution in [-0.4, -0.2) is 13.1 Å². The molecule has 0 amide bonds. The van der Waals surface area contributed by atoms with Crippen molar-refractivity contribution in [1.82, 2.24) is 0 Å². The number of methoxy groups -OCH3 is 1. The molecule has 0 aromatic heterocycles. The summed E-state index contributed by atoms with van der Waals surface area (Å²) in [5.41, 5.74) is 3.56. The van der Waals surface area contributed by atoms with E-state index in [4.69, 9.17) is 4.74 Å². The van der Waals surface area contributed by atoms with Gasteiger partial charge in [0.2, 0.25) is 0 Å². The summed E-state index contributed by atoms with van der Waals surface area (Å²) in [5.74, 6) is -0.323. The third kappa shape index (κ3) is 3.97. The average molecular weight is 395 g/mol. The highest BCUT2D eigenvalue weighted by Crippen LogP contribution is 2.24. The Morgan fingerprint density at radius 1 is 1.19 bits per heavy atom. The number of carbonyl (C=O) groups excluding carboxylic acids is 1. The molecular weight excluding hydrogens is 377 g/mol. The minimum atomic E-state index is -0.323. The van der Waals surface area contributed by atoms with Gasteiger partial charge in [-0.25, -0.2) is 4.79 Å². The molecule has 0 aliphatic rings. The van der Waals surface area contributed by atoms with Crippen molar-refractivity contribution in [1.29, 1.82) is 0 Å². The van der Waals surface area contributed by atoms with Crippen LogP contribution in [0.3, 0.4) is 0 Å². The fourth-order valence-electron chi connectivity index (χ4n) is 2.13. The number of anilines is 1. The van der Waals surface area contributed by atoms with Crippen LogP contribution >= 0.6 is 22.6 Å². The lowest BCUT2D eigenvalue weighted by Crippen LogP contribution is -2.12. The van der Waals surface area contributed by atoms with E-state index in [0.717, 1.165) is 11.3 Å². The zero-order valence-electron chi connectivity index (χ0n) is 12.3. The molecular formula is C17H18INO2. The first-order chi connectivity index (χ1) is 10.0. The van der Waals surface area contributed by atoms with E-state index in [2.05, 4.69) is 59.1 Å². The smallest absolute Gasteiger partial charge is 0.339 e. The monoisotopic (exact) mass is 395 g/mol. The van der Waals surface area contributed by atoms with Gasteiger partial charge < -0.3 is 10.1 Å². The highest BCUT2D eigenvalue weighted by atomic mass is 127. The lowest BCUT2D eigenvalue weighted by atomic mass is 10.1. The van der Waals surface area contributed by atoms with Crippen molar-refractivity contribution in [2.24, 2.45) is 0 Å². The molecule has 1 N–H and O–H groups in total. The van der Waals surface area contributed by atoms with Crippen molar-refractivity contribution in [3.05, 3.63) is 62.7 Å². The number of hydrogen-bond acceptors (Lipinski definition) is 3. The van der Waals surface area contributed by atoms with E-state index >= 15 is 0 Å². The molecule has 0 heterocycles. The molecule has 1 unspecified atom stereocenters. The number of carbonyl (C=O) groups is 1. The Morgan fingerprint density at radius 2 is 1.86 bits per heavy atom. The third-order valence-electron chi connectivity index (χ3n) is 3.32. The Hall–Kier alpha value is -1.56. The zero-order chi connectivity index (χ0) is 15.4. The summed E-state index contributed by atoms with van der Waals surface area (Å²) in [4.78, 5) is 11.9. The maximum atomic E-state index is 11.9. The standard InChI is InChI=1S/C17H18INO2/c1-11-4-9-16(15(10-11)17(20)21-3)19-12(2)13-5-7-14(18)8-6-13/h4-10,12,19H,1-3H3. The second kappa shape index (κ2) is 6.93. The summed E-state index contributed by atoms with van der Waals surface area (Å²) in [5, 5.41) is 3.39. The Balaban J connectivity index is 2.26. The van der Waals surface area contributed by atoms with Crippen LogP contribution in [-0.2, 0) is 4.74 Å². The van der Waals surface area contributed by atoms with Gasteiger partial charge in [-0.05, 0) is 66.3 Å². The van der Waals surface area contributed by atoms with Crippen molar-refractivity contribution < 1.29 is 9.53 Å². The van der Waals surface area contributed by atoms with E-state index < -0.39 is 0 Å². The van der Waals surface area contributed by atoms with Gasteiger partial charge in [-0.15, -0.1) is 0 Å². The summed E-state index contributed by atoms with van der Waals surface area (Å²) in [6.07, 6.45) is 0. The molecule has 0 aliphatic carbocycles. The van der Waals surface area contributed by atoms with E-state index in [9.17, 15) is 4.79 Å². The Kier molecular flexibility index (Phi) is 5.22. The maximum absolute atomic E-state index is 11.9. The SMILES string of the molecule is COC(=O)c1cc(C)ccc1NC(C)c1ccc(I)cc1. The van der Waals surface area contributed by atoms with Gasteiger partial charge in [-0.2, -0.15) is 0 Å². The molecule has 2 aromatic carbocycles. The fourth-order valence-corrected chi connectivity index (χ4v) is 2.49. The number of rotatable bonds is 4. The maximum Gasteiger partial charge on any atom is 0.339 e. The van der Waals surface area contributed by atoms with E-state index in [1.54, 1.807) is 0 Å². The molecule has 0 radical (unpaired) electrons. The van der Waals surface area contributed by atoms with E-state index in [0.29, 0.717) is 5.56 Å². The summed E-state index contributed by atoms with van der Waals surface area (Å²) in [6, 6.07) is 14.2. The van der Waals surface area contributed by atoms with Gasteiger partial charge in [-0.3, -0.25) is 0 Å². The second-order valence-electron chi connectivity index (χ2n) is 4.96. The summed E-state index contributed by atoms with van der Waals surface area (Å²) >= 11 is 2.28. The molecule has 2 aromatic rings. The summed E-state index contributed by atoms with van der Waals surface area (Å²) in [7, 11) is 1.40. The zero-order valence-corrected chi connectivity index (χ0v) is 14.5. The Labute approximate surface area is 138 Å². The molecule has 0 saturated carbocycles. The predicted octanol–water partition coefficient (Wildman–Crippen LogP) is 4.56. The van der Waals surface area contributed by atoms with Crippen molar-refractivity contribution in [3.63, 3.8) is 0 Å². The normalized spacial score (nSPS) is 11.8. The van der Waals surface area contributed by atoms with Gasteiger partial charge in [0.15, 0.2) is 0 Å². The molecule has 110 valence electrons. The van der Waals surface area contributed by atoms with Crippen LogP contribution in [0.15, 0.2) is 42.5 Å². The highest BCUT2D eigenvalue weighted by molar-refractivity contribution is 14.1. The first-order valence-electron chi connectivity index (χ1n) is 6.72. The number of hydrogen-bond donors (Lipinski definition) is 1. The number of nitrogens with one attached hydrogen (secondary N) is 1. The summed E-state index contributed by atoms with van der Waals surface area (Å²) < 4.78 is 6.06. The molecule has 0 aliphatic heterocycles. The predicted molar refractivity (Wildman–Crippen MR) is 93.7 cm³/mol. The number of esters is 1. The van der Waals surface area contributed by atoms with Crippen molar-refractivity contribution in [2.75, 3.05) is 12.4 Å². The highest BCUT2D eigenvalue weighted by Gasteiger charge is 2.14. The molecule has 0 bridgehead atoms. The molecule has 4 heteroatoms. The van der Waals surface area contributed by atoms with Gasteiger partial charge in [0, 0.05) is 15.3 Å². The van der Waals surface area contributed by atoms with Gasteiger partial charge in [0.05, 0.1) is 12.7 Å². The van der Waals surface area contributed by atoms with E-state index in [-0.39, 0.29) is 12.0 Å². The number of aryl methyl sites for hydroxylation is 1. The van der Waals surface area contributed by atoms with Gasteiger partial charge in [0.1, 0.15) is 0 Å². The van der Waals surface area contributed by atoms with E-state index in [1.165, 1.54) is 16.2 Å². The van der Waals surface area contributed by atoms with Crippen molar-refractivity contribution in [3.8, 4) is 0 Å².